The van der Waals surface area contributed by atoms with Gasteiger partial charge in [-0.2, -0.15) is 0 Å². The molecule has 0 saturated carbocycles. The molecule has 1 heterocycles. The third-order valence-corrected chi connectivity index (χ3v) is 6.87. The maximum Gasteiger partial charge on any atom is 0.338 e. The average Bonchev–Trinajstić information content (AvgIpc) is 2.72. The maximum absolute atomic E-state index is 12.4. The van der Waals surface area contributed by atoms with Crippen molar-refractivity contribution in [3.05, 3.63) is 58.6 Å². The first-order valence-corrected chi connectivity index (χ1v) is 11.9. The lowest BCUT2D eigenvalue weighted by Gasteiger charge is -2.33. The Morgan fingerprint density at radius 1 is 1.10 bits per heavy atom. The number of nitrogens with zero attached hydrogens (tertiary/aromatic N) is 1. The summed E-state index contributed by atoms with van der Waals surface area (Å²) in [7, 11) is -3.74. The summed E-state index contributed by atoms with van der Waals surface area (Å²) in [4.78, 5) is 26.4. The minimum Gasteiger partial charge on any atom is -0.452 e. The molecule has 1 unspecified atom stereocenters. The number of sulfonamides is 1. The van der Waals surface area contributed by atoms with E-state index in [0.717, 1.165) is 23.7 Å². The zero-order valence-electron chi connectivity index (χ0n) is 16.5. The Kier molecular flexibility index (Phi) is 7.14. The average molecular weight is 495 g/mol. The Labute approximate surface area is 184 Å². The molecule has 1 aliphatic heterocycles. The number of nitrogens with one attached hydrogen (secondary N) is 1. The van der Waals surface area contributed by atoms with E-state index in [1.54, 1.807) is 17.0 Å². The molecule has 30 heavy (non-hydrogen) atoms. The summed E-state index contributed by atoms with van der Waals surface area (Å²) in [6.45, 7) is 2.37. The first kappa shape index (κ1) is 22.3. The second kappa shape index (κ2) is 9.61. The molecule has 3 rings (SSSR count). The van der Waals surface area contributed by atoms with Gasteiger partial charge in [-0.05, 0) is 74.7 Å². The number of rotatable bonds is 6. The van der Waals surface area contributed by atoms with Crippen molar-refractivity contribution in [2.45, 2.75) is 37.1 Å². The summed E-state index contributed by atoms with van der Waals surface area (Å²) >= 11 is 3.26. The summed E-state index contributed by atoms with van der Waals surface area (Å²) in [5.41, 5.74) is 0.550. The van der Waals surface area contributed by atoms with Crippen molar-refractivity contribution in [2.24, 2.45) is 0 Å². The summed E-state index contributed by atoms with van der Waals surface area (Å²) in [6.07, 6.45) is 3.02. The predicted molar refractivity (Wildman–Crippen MR) is 117 cm³/mol. The van der Waals surface area contributed by atoms with Crippen LogP contribution in [0.5, 0.6) is 0 Å². The van der Waals surface area contributed by atoms with Gasteiger partial charge in [-0.25, -0.2) is 13.2 Å². The van der Waals surface area contributed by atoms with E-state index in [1.165, 1.54) is 36.4 Å². The predicted octanol–water partition coefficient (Wildman–Crippen LogP) is 3.81. The highest BCUT2D eigenvalue weighted by Gasteiger charge is 2.24. The number of esters is 1. The van der Waals surface area contributed by atoms with Gasteiger partial charge in [0.15, 0.2) is 6.61 Å². The van der Waals surface area contributed by atoms with Gasteiger partial charge >= 0.3 is 5.97 Å². The number of halogens is 1. The number of anilines is 1. The van der Waals surface area contributed by atoms with Gasteiger partial charge in [0.2, 0.25) is 0 Å². The first-order valence-electron chi connectivity index (χ1n) is 9.61. The van der Waals surface area contributed by atoms with E-state index in [0.29, 0.717) is 12.2 Å². The molecule has 2 aromatic carbocycles. The second-order valence-electron chi connectivity index (χ2n) is 7.14. The van der Waals surface area contributed by atoms with Crippen LogP contribution in [0.2, 0.25) is 0 Å². The van der Waals surface area contributed by atoms with Crippen LogP contribution in [-0.2, 0) is 19.6 Å². The lowest BCUT2D eigenvalue weighted by molar-refractivity contribution is -0.137. The quantitative estimate of drug-likeness (QED) is 0.616. The third kappa shape index (κ3) is 5.60. The zero-order chi connectivity index (χ0) is 21.7. The molecule has 0 radical (unpaired) electrons. The van der Waals surface area contributed by atoms with E-state index in [4.69, 9.17) is 4.74 Å². The van der Waals surface area contributed by atoms with Crippen LogP contribution in [-0.4, -0.2) is 44.4 Å². The molecule has 1 amide bonds. The van der Waals surface area contributed by atoms with Crippen molar-refractivity contribution in [1.82, 2.24) is 4.90 Å². The SMILES string of the molecule is CC1CCCCN1C(=O)COC(=O)c1ccc(NS(=O)(=O)c2ccc(Br)cc2)cc1. The van der Waals surface area contributed by atoms with Gasteiger partial charge in [0.25, 0.3) is 15.9 Å². The molecular weight excluding hydrogens is 472 g/mol. The summed E-state index contributed by atoms with van der Waals surface area (Å²) in [5, 5.41) is 0. The van der Waals surface area contributed by atoms with E-state index < -0.39 is 16.0 Å². The molecule has 7 nitrogen and oxygen atoms in total. The normalized spacial score (nSPS) is 16.7. The van der Waals surface area contributed by atoms with Crippen LogP contribution in [0.1, 0.15) is 36.5 Å². The van der Waals surface area contributed by atoms with Crippen LogP contribution in [0.25, 0.3) is 0 Å². The molecule has 1 aliphatic rings. The number of ether oxygens (including phenoxy) is 1. The van der Waals surface area contributed by atoms with Gasteiger partial charge in [0.1, 0.15) is 0 Å². The highest BCUT2D eigenvalue weighted by Crippen LogP contribution is 2.20. The number of likely N-dealkylation sites (tertiary alicyclic amines) is 1. The van der Waals surface area contributed by atoms with Gasteiger partial charge < -0.3 is 9.64 Å². The lowest BCUT2D eigenvalue weighted by Crippen LogP contribution is -2.44. The summed E-state index contributed by atoms with van der Waals surface area (Å²) in [6, 6.07) is 12.3. The van der Waals surface area contributed by atoms with Crippen molar-refractivity contribution < 1.29 is 22.7 Å². The number of carbonyl (C=O) groups excluding carboxylic acids is 2. The molecule has 1 atom stereocenters. The molecule has 2 aromatic rings. The zero-order valence-corrected chi connectivity index (χ0v) is 18.9. The van der Waals surface area contributed by atoms with Crippen molar-refractivity contribution in [1.29, 1.82) is 0 Å². The van der Waals surface area contributed by atoms with Crippen LogP contribution in [0.3, 0.4) is 0 Å². The van der Waals surface area contributed by atoms with Crippen molar-refractivity contribution in [2.75, 3.05) is 17.9 Å². The lowest BCUT2D eigenvalue weighted by atomic mass is 10.0. The Balaban J connectivity index is 1.57. The Hall–Kier alpha value is -2.39. The van der Waals surface area contributed by atoms with E-state index in [2.05, 4.69) is 20.7 Å². The molecule has 0 bridgehead atoms. The van der Waals surface area contributed by atoms with Crippen molar-refractivity contribution in [3.63, 3.8) is 0 Å². The number of hydrogen-bond acceptors (Lipinski definition) is 5. The molecule has 0 spiro atoms. The van der Waals surface area contributed by atoms with Gasteiger partial charge in [0, 0.05) is 22.7 Å². The molecule has 9 heteroatoms. The van der Waals surface area contributed by atoms with Gasteiger partial charge in [-0.3, -0.25) is 9.52 Å². The molecular formula is C21H23BrN2O5S. The van der Waals surface area contributed by atoms with Crippen LogP contribution < -0.4 is 4.72 Å². The van der Waals surface area contributed by atoms with Crippen molar-refractivity contribution >= 4 is 43.5 Å². The molecule has 1 fully saturated rings. The molecule has 1 N–H and O–H groups in total. The second-order valence-corrected chi connectivity index (χ2v) is 9.74. The highest BCUT2D eigenvalue weighted by molar-refractivity contribution is 9.10. The standard InChI is InChI=1S/C21H23BrN2O5S/c1-15-4-2-3-13-24(15)20(25)14-29-21(26)16-5-9-18(10-6-16)23-30(27,28)19-11-7-17(22)8-12-19/h5-12,15,23H,2-4,13-14H2,1H3. The number of benzene rings is 2. The minimum absolute atomic E-state index is 0.125. The molecule has 0 aromatic heterocycles. The van der Waals surface area contributed by atoms with E-state index >= 15 is 0 Å². The highest BCUT2D eigenvalue weighted by atomic mass is 79.9. The smallest absolute Gasteiger partial charge is 0.338 e. The molecule has 0 aliphatic carbocycles. The van der Waals surface area contributed by atoms with Crippen LogP contribution >= 0.6 is 15.9 Å². The minimum atomic E-state index is -3.74. The number of hydrogen-bond donors (Lipinski definition) is 1. The van der Waals surface area contributed by atoms with Crippen LogP contribution in [0, 0.1) is 0 Å². The summed E-state index contributed by atoms with van der Waals surface area (Å²) in [5.74, 6) is -0.829. The molecule has 1 saturated heterocycles. The Morgan fingerprint density at radius 3 is 2.40 bits per heavy atom. The Morgan fingerprint density at radius 2 is 1.77 bits per heavy atom. The van der Waals surface area contributed by atoms with Crippen LogP contribution in [0.4, 0.5) is 5.69 Å². The fourth-order valence-corrected chi connectivity index (χ4v) is 4.59. The number of carbonyl (C=O) groups is 2. The van der Waals surface area contributed by atoms with Gasteiger partial charge in [-0.1, -0.05) is 15.9 Å². The first-order chi connectivity index (χ1) is 14.3. The fraction of sp³-hybridized carbons (Fsp3) is 0.333. The maximum atomic E-state index is 12.4. The number of piperidine rings is 1. The van der Waals surface area contributed by atoms with E-state index in [9.17, 15) is 18.0 Å². The Bertz CT molecular complexity index is 1010. The molecule has 160 valence electrons. The van der Waals surface area contributed by atoms with Gasteiger partial charge in [-0.15, -0.1) is 0 Å². The topological polar surface area (TPSA) is 92.8 Å². The largest absolute Gasteiger partial charge is 0.452 e. The van der Waals surface area contributed by atoms with Gasteiger partial charge in [0.05, 0.1) is 10.5 Å². The monoisotopic (exact) mass is 494 g/mol. The third-order valence-electron chi connectivity index (χ3n) is 4.95. The van der Waals surface area contributed by atoms with E-state index in [-0.39, 0.29) is 29.0 Å². The fourth-order valence-electron chi connectivity index (χ4n) is 3.26. The van der Waals surface area contributed by atoms with E-state index in [1.807, 2.05) is 6.92 Å². The number of amides is 1. The summed E-state index contributed by atoms with van der Waals surface area (Å²) < 4.78 is 33.2. The van der Waals surface area contributed by atoms with Crippen molar-refractivity contribution in [3.8, 4) is 0 Å². The van der Waals surface area contributed by atoms with Crippen LogP contribution in [0.15, 0.2) is 57.9 Å².